The second kappa shape index (κ2) is 16.8. The van der Waals surface area contributed by atoms with Gasteiger partial charge in [0.15, 0.2) is 0 Å². The third-order valence-corrected chi connectivity index (χ3v) is 8.43. The van der Waals surface area contributed by atoms with Crippen molar-refractivity contribution in [1.29, 1.82) is 0 Å². The van der Waals surface area contributed by atoms with E-state index in [1.807, 2.05) is 0 Å². The summed E-state index contributed by atoms with van der Waals surface area (Å²) in [6.07, 6.45) is 13.1. The Balaban J connectivity index is 3.58. The normalized spacial score (nSPS) is 11.4. The van der Waals surface area contributed by atoms with Gasteiger partial charge >= 0.3 is 129 Å². The summed E-state index contributed by atoms with van der Waals surface area (Å²) in [5.41, 5.74) is 0. The Hall–Kier alpha value is 0.719. The quantitative estimate of drug-likeness (QED) is 0.278. The minimum absolute atomic E-state index is 0.938. The fourth-order valence-electron chi connectivity index (χ4n) is 1.90. The number of hydrogen-bond acceptors (Lipinski definition) is 2. The van der Waals surface area contributed by atoms with Crippen LogP contribution in [-0.2, 0) is 6.15 Å². The monoisotopic (exact) mass is 379 g/mol. The predicted octanol–water partition coefficient (Wildman–Crippen LogP) is 5.47. The fraction of sp³-hybridized carbons (Fsp3) is 1.00. The first-order chi connectivity index (χ1) is 9.35. The van der Waals surface area contributed by atoms with E-state index < -0.39 is 20.6 Å². The Labute approximate surface area is 129 Å². The van der Waals surface area contributed by atoms with Gasteiger partial charge < -0.3 is 0 Å². The molecule has 0 heterocycles. The molecule has 0 N–H and O–H groups in total. The van der Waals surface area contributed by atoms with Crippen LogP contribution < -0.4 is 0 Å². The van der Waals surface area contributed by atoms with Crippen molar-refractivity contribution in [3.8, 4) is 0 Å². The van der Waals surface area contributed by atoms with Crippen molar-refractivity contribution in [2.24, 2.45) is 0 Å². The molecule has 0 unspecified atom stereocenters. The van der Waals surface area contributed by atoms with E-state index >= 15 is 0 Å². The standard InChI is InChI=1S/C8H17.2C4H9O.Sn/c1-3-5-7-8-6-4-2;2*1-2-3-4-5;/h1,3-8H2,2H3;2*2-4H2,1H3;/q;2*-1;+2. The van der Waals surface area contributed by atoms with Gasteiger partial charge in [0, 0.05) is 0 Å². The summed E-state index contributed by atoms with van der Waals surface area (Å²) in [5, 5.41) is 0. The van der Waals surface area contributed by atoms with Crippen molar-refractivity contribution in [3.63, 3.8) is 0 Å². The van der Waals surface area contributed by atoms with Crippen LogP contribution in [0.2, 0.25) is 4.44 Å². The molecule has 19 heavy (non-hydrogen) atoms. The maximum absolute atomic E-state index is 6.03. The van der Waals surface area contributed by atoms with Crippen molar-refractivity contribution >= 4 is 20.6 Å². The summed E-state index contributed by atoms with van der Waals surface area (Å²) in [6, 6.07) is 0. The molecule has 0 aliphatic heterocycles. The number of unbranched alkanes of at least 4 members (excludes halogenated alkanes) is 7. The van der Waals surface area contributed by atoms with E-state index in [1.165, 1.54) is 68.6 Å². The van der Waals surface area contributed by atoms with Crippen molar-refractivity contribution in [3.05, 3.63) is 0 Å². The van der Waals surface area contributed by atoms with Gasteiger partial charge in [0.1, 0.15) is 0 Å². The molecule has 0 spiro atoms. The average Bonchev–Trinajstić information content (AvgIpc) is 2.42. The Morgan fingerprint density at radius 2 is 1.05 bits per heavy atom. The fourth-order valence-corrected chi connectivity index (χ4v) is 6.62. The molecule has 0 aromatic carbocycles. The van der Waals surface area contributed by atoms with Crippen LogP contribution >= 0.6 is 0 Å². The molecular formula is C16H35O2Sn. The first-order valence-corrected chi connectivity index (χ1v) is 12.8. The molecule has 3 heteroatoms. The van der Waals surface area contributed by atoms with Crippen LogP contribution in [0.1, 0.15) is 85.0 Å². The molecule has 0 aromatic rings. The molecule has 0 aliphatic carbocycles. The van der Waals surface area contributed by atoms with E-state index in [4.69, 9.17) is 6.15 Å². The molecule has 0 saturated carbocycles. The van der Waals surface area contributed by atoms with Crippen molar-refractivity contribution < 1.29 is 6.15 Å². The number of hydrogen-bond donors (Lipinski definition) is 0. The van der Waals surface area contributed by atoms with Crippen LogP contribution in [-0.4, -0.2) is 33.8 Å². The second-order valence-corrected chi connectivity index (χ2v) is 10.5. The summed E-state index contributed by atoms with van der Waals surface area (Å²) in [5.74, 6) is 0. The molecule has 0 atom stereocenters. The van der Waals surface area contributed by atoms with E-state index in [9.17, 15) is 0 Å². The molecule has 0 aliphatic rings. The van der Waals surface area contributed by atoms with Crippen LogP contribution in [0.5, 0.6) is 0 Å². The Morgan fingerprint density at radius 3 is 1.58 bits per heavy atom. The summed E-state index contributed by atoms with van der Waals surface area (Å²) in [7, 11) is 0. The zero-order chi connectivity index (χ0) is 14.2. The zero-order valence-electron chi connectivity index (χ0n) is 13.5. The van der Waals surface area contributed by atoms with Crippen molar-refractivity contribution in [2.45, 2.75) is 89.4 Å². The summed E-state index contributed by atoms with van der Waals surface area (Å²) >= 11 is -1.94. The molecule has 0 fully saturated rings. The van der Waals surface area contributed by atoms with Crippen LogP contribution in [0.25, 0.3) is 0 Å². The summed E-state index contributed by atoms with van der Waals surface area (Å²) in [6.45, 7) is 8.59. The van der Waals surface area contributed by atoms with E-state index in [1.54, 1.807) is 0 Å². The van der Waals surface area contributed by atoms with Gasteiger partial charge in [-0.3, -0.25) is 0 Å². The molecule has 0 rings (SSSR count). The zero-order valence-corrected chi connectivity index (χ0v) is 16.4. The topological polar surface area (TPSA) is 18.5 Å². The Bertz CT molecular complexity index is 155. The SMILES string of the molecule is CCCCCCC[CH2][Sn]([O]CCCC)[O]CCCC. The van der Waals surface area contributed by atoms with E-state index in [-0.39, 0.29) is 0 Å². The summed E-state index contributed by atoms with van der Waals surface area (Å²) < 4.78 is 13.3. The van der Waals surface area contributed by atoms with Gasteiger partial charge in [-0.2, -0.15) is 0 Å². The van der Waals surface area contributed by atoms with Crippen molar-refractivity contribution in [1.82, 2.24) is 0 Å². The molecule has 2 nitrogen and oxygen atoms in total. The van der Waals surface area contributed by atoms with Gasteiger partial charge in [0.2, 0.25) is 0 Å². The third kappa shape index (κ3) is 14.9. The van der Waals surface area contributed by atoms with Crippen molar-refractivity contribution in [2.75, 3.05) is 13.2 Å². The summed E-state index contributed by atoms with van der Waals surface area (Å²) in [4.78, 5) is 0. The van der Waals surface area contributed by atoms with Gasteiger partial charge in [0.05, 0.1) is 0 Å². The van der Waals surface area contributed by atoms with Crippen LogP contribution in [0.3, 0.4) is 0 Å². The van der Waals surface area contributed by atoms with Gasteiger partial charge in [-0.15, -0.1) is 0 Å². The van der Waals surface area contributed by atoms with Gasteiger partial charge in [-0.1, -0.05) is 0 Å². The minimum atomic E-state index is -1.94. The predicted molar refractivity (Wildman–Crippen MR) is 85.7 cm³/mol. The third-order valence-electron chi connectivity index (χ3n) is 3.26. The Morgan fingerprint density at radius 1 is 0.579 bits per heavy atom. The molecule has 0 saturated heterocycles. The van der Waals surface area contributed by atoms with E-state index in [0.717, 1.165) is 13.2 Å². The molecule has 0 aromatic heterocycles. The van der Waals surface area contributed by atoms with E-state index in [2.05, 4.69) is 20.8 Å². The average molecular weight is 378 g/mol. The van der Waals surface area contributed by atoms with Gasteiger partial charge in [-0.25, -0.2) is 0 Å². The molecule has 0 amide bonds. The van der Waals surface area contributed by atoms with Crippen LogP contribution in [0, 0.1) is 0 Å². The molecule has 115 valence electrons. The Kier molecular flexibility index (Phi) is 17.4. The van der Waals surface area contributed by atoms with E-state index in [0.29, 0.717) is 0 Å². The number of rotatable bonds is 15. The first-order valence-electron chi connectivity index (χ1n) is 8.46. The van der Waals surface area contributed by atoms with Gasteiger partial charge in [-0.05, 0) is 0 Å². The molecule has 1 radical (unpaired) electrons. The second-order valence-electron chi connectivity index (χ2n) is 5.29. The van der Waals surface area contributed by atoms with Gasteiger partial charge in [0.25, 0.3) is 0 Å². The van der Waals surface area contributed by atoms with Crippen LogP contribution in [0.4, 0.5) is 0 Å². The maximum atomic E-state index is 6.03. The first kappa shape index (κ1) is 19.7. The molecule has 0 bridgehead atoms. The van der Waals surface area contributed by atoms with Crippen LogP contribution in [0.15, 0.2) is 0 Å². The molecular weight excluding hydrogens is 343 g/mol.